The van der Waals surface area contributed by atoms with Crippen LogP contribution in [-0.2, 0) is 6.54 Å². The van der Waals surface area contributed by atoms with Crippen molar-refractivity contribution >= 4 is 33.0 Å². The molecule has 0 saturated heterocycles. The van der Waals surface area contributed by atoms with Gasteiger partial charge in [-0.1, -0.05) is 43.6 Å². The van der Waals surface area contributed by atoms with Gasteiger partial charge in [0.15, 0.2) is 0 Å². The van der Waals surface area contributed by atoms with Crippen LogP contribution in [0.2, 0.25) is 5.02 Å². The van der Waals surface area contributed by atoms with Crippen molar-refractivity contribution in [1.82, 2.24) is 5.32 Å². The topological polar surface area (TPSA) is 12.0 Å². The number of benzene rings is 1. The second kappa shape index (κ2) is 6.05. The molecule has 1 aliphatic carbocycles. The molecule has 1 aliphatic rings. The van der Waals surface area contributed by atoms with Gasteiger partial charge in [0.05, 0.1) is 5.02 Å². The number of fused-ring (bicyclic) bond motifs is 1. The van der Waals surface area contributed by atoms with Crippen molar-refractivity contribution in [3.05, 3.63) is 34.2 Å². The maximum Gasteiger partial charge on any atom is 0.0636 e. The highest BCUT2D eigenvalue weighted by Gasteiger charge is 2.25. The van der Waals surface area contributed by atoms with Crippen LogP contribution in [0.3, 0.4) is 0 Å². The molecule has 1 aromatic carbocycles. The zero-order chi connectivity index (χ0) is 14.1. The number of hydrogen-bond donors (Lipinski definition) is 1. The molecule has 1 heterocycles. The van der Waals surface area contributed by atoms with E-state index in [9.17, 15) is 0 Å². The average molecular weight is 308 g/mol. The zero-order valence-electron chi connectivity index (χ0n) is 12.2. The van der Waals surface area contributed by atoms with E-state index in [0.29, 0.717) is 6.04 Å². The van der Waals surface area contributed by atoms with E-state index in [0.717, 1.165) is 23.4 Å². The molecule has 1 saturated carbocycles. The molecule has 3 rings (SSSR count). The Morgan fingerprint density at radius 2 is 2.05 bits per heavy atom. The van der Waals surface area contributed by atoms with Crippen LogP contribution >= 0.6 is 22.9 Å². The van der Waals surface area contributed by atoms with Gasteiger partial charge in [-0.15, -0.1) is 11.3 Å². The Kier molecular flexibility index (Phi) is 4.34. The second-order valence-corrected chi connectivity index (χ2v) is 7.73. The van der Waals surface area contributed by atoms with Crippen LogP contribution in [0.1, 0.15) is 38.0 Å². The second-order valence-electron chi connectivity index (χ2n) is 6.22. The fourth-order valence-corrected chi connectivity index (χ4v) is 4.82. The molecule has 3 heteroatoms. The summed E-state index contributed by atoms with van der Waals surface area (Å²) in [6.07, 6.45) is 3.99. The van der Waals surface area contributed by atoms with E-state index in [2.05, 4.69) is 43.4 Å². The molecular formula is C17H22ClNS. The molecule has 1 nitrogen and oxygen atoms in total. The van der Waals surface area contributed by atoms with Crippen molar-refractivity contribution in [1.29, 1.82) is 0 Å². The number of hydrogen-bond acceptors (Lipinski definition) is 2. The molecule has 3 atom stereocenters. The average Bonchev–Trinajstić information content (AvgIpc) is 2.75. The molecule has 0 aliphatic heterocycles. The number of rotatable bonds is 3. The van der Waals surface area contributed by atoms with E-state index in [1.165, 1.54) is 34.2 Å². The van der Waals surface area contributed by atoms with E-state index in [4.69, 9.17) is 11.6 Å². The van der Waals surface area contributed by atoms with Gasteiger partial charge in [0, 0.05) is 27.5 Å². The first-order valence-corrected chi connectivity index (χ1v) is 8.74. The lowest BCUT2D eigenvalue weighted by Crippen LogP contribution is -2.38. The standard InChI is InChI=1S/C17H22ClNS/c1-11-7-8-14(12(2)9-11)19-10-16-17(18)13-5-3-4-6-15(13)20-16/h3-6,11-12,14,19H,7-10H2,1-2H3. The maximum atomic E-state index is 6.50. The van der Waals surface area contributed by atoms with E-state index >= 15 is 0 Å². The van der Waals surface area contributed by atoms with Crippen LogP contribution in [0.15, 0.2) is 24.3 Å². The van der Waals surface area contributed by atoms with Gasteiger partial charge >= 0.3 is 0 Å². The van der Waals surface area contributed by atoms with Gasteiger partial charge in [0.1, 0.15) is 0 Å². The SMILES string of the molecule is CC1CCC(NCc2sc3ccccc3c2Cl)C(C)C1. The third kappa shape index (κ3) is 2.88. The molecule has 0 bridgehead atoms. The minimum Gasteiger partial charge on any atom is -0.309 e. The lowest BCUT2D eigenvalue weighted by Gasteiger charge is -2.33. The summed E-state index contributed by atoms with van der Waals surface area (Å²) in [5, 5.41) is 5.87. The van der Waals surface area contributed by atoms with E-state index < -0.39 is 0 Å². The number of halogens is 1. The van der Waals surface area contributed by atoms with Crippen molar-refractivity contribution in [2.45, 2.75) is 45.7 Å². The summed E-state index contributed by atoms with van der Waals surface area (Å²) in [6.45, 7) is 5.65. The lowest BCUT2D eigenvalue weighted by atomic mass is 9.80. The van der Waals surface area contributed by atoms with Crippen molar-refractivity contribution < 1.29 is 0 Å². The number of nitrogens with one attached hydrogen (secondary N) is 1. The van der Waals surface area contributed by atoms with E-state index in [1.807, 2.05) is 11.3 Å². The van der Waals surface area contributed by atoms with Crippen molar-refractivity contribution in [3.8, 4) is 0 Å². The highest BCUT2D eigenvalue weighted by molar-refractivity contribution is 7.19. The summed E-state index contributed by atoms with van der Waals surface area (Å²) >= 11 is 8.32. The summed E-state index contributed by atoms with van der Waals surface area (Å²) in [6, 6.07) is 9.05. The maximum absolute atomic E-state index is 6.50. The molecule has 20 heavy (non-hydrogen) atoms. The Hall–Kier alpha value is -0.570. The molecule has 0 radical (unpaired) electrons. The van der Waals surface area contributed by atoms with Gasteiger partial charge in [0.25, 0.3) is 0 Å². The molecule has 1 aromatic heterocycles. The third-order valence-corrected chi connectivity index (χ3v) is 6.27. The van der Waals surface area contributed by atoms with Crippen LogP contribution in [0.25, 0.3) is 10.1 Å². The summed E-state index contributed by atoms with van der Waals surface area (Å²) in [5.41, 5.74) is 0. The van der Waals surface area contributed by atoms with Gasteiger partial charge in [-0.3, -0.25) is 0 Å². The molecule has 3 unspecified atom stereocenters. The Balaban J connectivity index is 1.69. The van der Waals surface area contributed by atoms with Gasteiger partial charge < -0.3 is 5.32 Å². The summed E-state index contributed by atoms with van der Waals surface area (Å²) in [7, 11) is 0. The summed E-state index contributed by atoms with van der Waals surface area (Å²) in [5.74, 6) is 1.66. The molecule has 1 fully saturated rings. The van der Waals surface area contributed by atoms with E-state index in [1.54, 1.807) is 0 Å². The van der Waals surface area contributed by atoms with Crippen molar-refractivity contribution in [2.75, 3.05) is 0 Å². The summed E-state index contributed by atoms with van der Waals surface area (Å²) in [4.78, 5) is 1.28. The van der Waals surface area contributed by atoms with Gasteiger partial charge in [-0.2, -0.15) is 0 Å². The minimum atomic E-state index is 0.646. The highest BCUT2D eigenvalue weighted by Crippen LogP contribution is 2.35. The van der Waals surface area contributed by atoms with Gasteiger partial charge in [-0.25, -0.2) is 0 Å². The molecular weight excluding hydrogens is 286 g/mol. The Morgan fingerprint density at radius 1 is 1.25 bits per heavy atom. The van der Waals surface area contributed by atoms with Crippen molar-refractivity contribution in [2.24, 2.45) is 11.8 Å². The Labute approximate surface area is 130 Å². The van der Waals surface area contributed by atoms with E-state index in [-0.39, 0.29) is 0 Å². The van der Waals surface area contributed by atoms with Crippen LogP contribution < -0.4 is 5.32 Å². The predicted molar refractivity (Wildman–Crippen MR) is 89.6 cm³/mol. The monoisotopic (exact) mass is 307 g/mol. The molecule has 1 N–H and O–H groups in total. The van der Waals surface area contributed by atoms with Gasteiger partial charge in [-0.05, 0) is 37.2 Å². The van der Waals surface area contributed by atoms with Gasteiger partial charge in [0.2, 0.25) is 0 Å². The van der Waals surface area contributed by atoms with Crippen LogP contribution in [0.5, 0.6) is 0 Å². The summed E-state index contributed by atoms with van der Waals surface area (Å²) < 4.78 is 1.29. The molecule has 108 valence electrons. The smallest absolute Gasteiger partial charge is 0.0636 e. The first kappa shape index (κ1) is 14.4. The molecule has 0 amide bonds. The predicted octanol–water partition coefficient (Wildman–Crippen LogP) is 5.47. The Bertz CT molecular complexity index is 592. The Morgan fingerprint density at radius 3 is 2.80 bits per heavy atom. The normalized spacial score (nSPS) is 27.1. The first-order valence-electron chi connectivity index (χ1n) is 7.54. The highest BCUT2D eigenvalue weighted by atomic mass is 35.5. The zero-order valence-corrected chi connectivity index (χ0v) is 13.7. The minimum absolute atomic E-state index is 0.646. The third-order valence-electron chi connectivity index (χ3n) is 4.56. The first-order chi connectivity index (χ1) is 9.65. The fraction of sp³-hybridized carbons (Fsp3) is 0.529. The molecule has 0 spiro atoms. The fourth-order valence-electron chi connectivity index (χ4n) is 3.37. The van der Waals surface area contributed by atoms with Crippen LogP contribution in [0, 0.1) is 11.8 Å². The van der Waals surface area contributed by atoms with Crippen molar-refractivity contribution in [3.63, 3.8) is 0 Å². The van der Waals surface area contributed by atoms with Crippen LogP contribution in [0.4, 0.5) is 0 Å². The largest absolute Gasteiger partial charge is 0.309 e. The lowest BCUT2D eigenvalue weighted by molar-refractivity contribution is 0.227. The number of thiophene rings is 1. The quantitative estimate of drug-likeness (QED) is 0.793. The molecule has 2 aromatic rings. The van der Waals surface area contributed by atoms with Crippen LogP contribution in [-0.4, -0.2) is 6.04 Å².